The SMILES string of the molecule is CN=C(NCc1cc(Cl)c2c(c1)OCO2)N(C)Cc1cn(C)nc1C(C)C.I. The number of guanidine groups is 1. The predicted molar refractivity (Wildman–Crippen MR) is 122 cm³/mol. The maximum Gasteiger partial charge on any atom is 0.231 e. The maximum absolute atomic E-state index is 6.26. The fourth-order valence-electron chi connectivity index (χ4n) is 3.18. The number of hydrogen-bond donors (Lipinski definition) is 1. The molecule has 0 atom stereocenters. The highest BCUT2D eigenvalue weighted by Crippen LogP contribution is 2.39. The van der Waals surface area contributed by atoms with Gasteiger partial charge in [0.05, 0.1) is 10.7 Å². The molecule has 0 fully saturated rings. The molecule has 0 saturated carbocycles. The first kappa shape index (κ1) is 22.6. The summed E-state index contributed by atoms with van der Waals surface area (Å²) in [5.74, 6) is 2.46. The minimum Gasteiger partial charge on any atom is -0.454 e. The summed E-state index contributed by atoms with van der Waals surface area (Å²) in [7, 11) is 5.74. The van der Waals surface area contributed by atoms with Gasteiger partial charge in [0.15, 0.2) is 17.5 Å². The number of nitrogens with zero attached hydrogens (tertiary/aromatic N) is 4. The molecular formula is C19H27ClIN5O2. The van der Waals surface area contributed by atoms with Crippen LogP contribution in [0.15, 0.2) is 23.3 Å². The lowest BCUT2D eigenvalue weighted by atomic mass is 10.1. The Labute approximate surface area is 188 Å². The fourth-order valence-corrected chi connectivity index (χ4v) is 3.47. The molecule has 2 aromatic rings. The molecule has 1 aromatic heterocycles. The Kier molecular flexibility index (Phi) is 7.82. The lowest BCUT2D eigenvalue weighted by molar-refractivity contribution is 0.174. The highest BCUT2D eigenvalue weighted by Gasteiger charge is 2.19. The summed E-state index contributed by atoms with van der Waals surface area (Å²) in [5.41, 5.74) is 3.31. The van der Waals surface area contributed by atoms with Gasteiger partial charge in [0.1, 0.15) is 0 Å². The Morgan fingerprint density at radius 2 is 2.14 bits per heavy atom. The van der Waals surface area contributed by atoms with Crippen molar-refractivity contribution in [1.82, 2.24) is 20.0 Å². The molecule has 0 saturated heterocycles. The Balaban J connectivity index is 0.00000280. The average Bonchev–Trinajstić information content (AvgIpc) is 3.22. The molecule has 0 spiro atoms. The molecule has 3 rings (SSSR count). The van der Waals surface area contributed by atoms with Crippen LogP contribution < -0.4 is 14.8 Å². The van der Waals surface area contributed by atoms with Crippen molar-refractivity contribution in [1.29, 1.82) is 0 Å². The number of aromatic nitrogens is 2. The largest absolute Gasteiger partial charge is 0.454 e. The summed E-state index contributed by atoms with van der Waals surface area (Å²) in [6.45, 7) is 5.82. The van der Waals surface area contributed by atoms with Gasteiger partial charge in [-0.1, -0.05) is 25.4 Å². The molecule has 28 heavy (non-hydrogen) atoms. The van der Waals surface area contributed by atoms with E-state index in [1.54, 1.807) is 7.05 Å². The number of aliphatic imine (C=N–C) groups is 1. The number of ether oxygens (including phenoxy) is 2. The summed E-state index contributed by atoms with van der Waals surface area (Å²) < 4.78 is 12.7. The summed E-state index contributed by atoms with van der Waals surface area (Å²) >= 11 is 6.26. The fraction of sp³-hybridized carbons (Fsp3) is 0.474. The summed E-state index contributed by atoms with van der Waals surface area (Å²) in [6, 6.07) is 3.82. The molecule has 7 nitrogen and oxygen atoms in total. The van der Waals surface area contributed by atoms with E-state index in [0.29, 0.717) is 29.0 Å². The van der Waals surface area contributed by atoms with Crippen LogP contribution in [0, 0.1) is 0 Å². The lowest BCUT2D eigenvalue weighted by Gasteiger charge is -2.22. The Morgan fingerprint density at radius 1 is 1.39 bits per heavy atom. The van der Waals surface area contributed by atoms with Gasteiger partial charge in [0.25, 0.3) is 0 Å². The van der Waals surface area contributed by atoms with Crippen molar-refractivity contribution in [3.05, 3.63) is 40.2 Å². The van der Waals surface area contributed by atoms with Gasteiger partial charge in [-0.15, -0.1) is 24.0 Å². The van der Waals surface area contributed by atoms with Crippen LogP contribution in [0.1, 0.15) is 36.6 Å². The highest BCUT2D eigenvalue weighted by molar-refractivity contribution is 14.0. The van der Waals surface area contributed by atoms with Gasteiger partial charge >= 0.3 is 0 Å². The molecule has 0 aliphatic carbocycles. The molecule has 0 bridgehead atoms. The summed E-state index contributed by atoms with van der Waals surface area (Å²) in [6.07, 6.45) is 2.07. The molecule has 1 aliphatic rings. The predicted octanol–water partition coefficient (Wildman–Crippen LogP) is 3.75. The quantitative estimate of drug-likeness (QED) is 0.370. The minimum absolute atomic E-state index is 0. The van der Waals surface area contributed by atoms with E-state index >= 15 is 0 Å². The van der Waals surface area contributed by atoms with E-state index in [0.717, 1.165) is 23.8 Å². The topological polar surface area (TPSA) is 63.9 Å². The third-order valence-electron chi connectivity index (χ3n) is 4.40. The van der Waals surface area contributed by atoms with Crippen molar-refractivity contribution < 1.29 is 9.47 Å². The van der Waals surface area contributed by atoms with E-state index in [4.69, 9.17) is 21.1 Å². The Hall–Kier alpha value is -1.68. The van der Waals surface area contributed by atoms with Gasteiger partial charge in [-0.05, 0) is 23.6 Å². The molecule has 1 N–H and O–H groups in total. The second kappa shape index (κ2) is 9.69. The molecule has 9 heteroatoms. The molecule has 0 radical (unpaired) electrons. The van der Waals surface area contributed by atoms with Crippen LogP contribution in [-0.4, -0.2) is 41.5 Å². The normalized spacial score (nSPS) is 12.9. The first-order chi connectivity index (χ1) is 12.9. The van der Waals surface area contributed by atoms with Crippen molar-refractivity contribution in [2.45, 2.75) is 32.9 Å². The molecule has 1 aliphatic heterocycles. The van der Waals surface area contributed by atoms with Crippen molar-refractivity contribution in [2.75, 3.05) is 20.9 Å². The van der Waals surface area contributed by atoms with Crippen LogP contribution in [0.5, 0.6) is 11.5 Å². The van der Waals surface area contributed by atoms with Crippen molar-refractivity contribution >= 4 is 41.5 Å². The van der Waals surface area contributed by atoms with Crippen LogP contribution in [-0.2, 0) is 20.1 Å². The van der Waals surface area contributed by atoms with E-state index in [1.165, 1.54) is 5.56 Å². The Morgan fingerprint density at radius 3 is 2.82 bits per heavy atom. The summed E-state index contributed by atoms with van der Waals surface area (Å²) in [5, 5.41) is 8.51. The van der Waals surface area contributed by atoms with E-state index < -0.39 is 0 Å². The third-order valence-corrected chi connectivity index (χ3v) is 4.68. The summed E-state index contributed by atoms with van der Waals surface area (Å²) in [4.78, 5) is 6.47. The number of benzene rings is 1. The van der Waals surface area contributed by atoms with Gasteiger partial charge in [0, 0.05) is 46.0 Å². The van der Waals surface area contributed by atoms with Crippen LogP contribution >= 0.6 is 35.6 Å². The van der Waals surface area contributed by atoms with Crippen LogP contribution in [0.3, 0.4) is 0 Å². The number of rotatable bonds is 5. The van der Waals surface area contributed by atoms with Crippen LogP contribution in [0.4, 0.5) is 0 Å². The van der Waals surface area contributed by atoms with Crippen LogP contribution in [0.2, 0.25) is 5.02 Å². The standard InChI is InChI=1S/C19H26ClN5O2.HI/c1-12(2)17-14(10-25(5)23-17)9-24(4)19(21-3)22-8-13-6-15(20)18-16(7-13)26-11-27-18;/h6-7,10,12H,8-9,11H2,1-5H3,(H,21,22);1H. The molecule has 2 heterocycles. The van der Waals surface area contributed by atoms with Crippen molar-refractivity contribution in [2.24, 2.45) is 12.0 Å². The average molecular weight is 520 g/mol. The molecule has 154 valence electrons. The Bertz CT molecular complexity index is 853. The number of fused-ring (bicyclic) bond motifs is 1. The van der Waals surface area contributed by atoms with Crippen molar-refractivity contribution in [3.63, 3.8) is 0 Å². The maximum atomic E-state index is 6.26. The van der Waals surface area contributed by atoms with E-state index in [-0.39, 0.29) is 30.8 Å². The second-order valence-electron chi connectivity index (χ2n) is 6.94. The van der Waals surface area contributed by atoms with E-state index in [2.05, 4.69) is 40.4 Å². The highest BCUT2D eigenvalue weighted by atomic mass is 127. The number of nitrogens with one attached hydrogen (secondary N) is 1. The number of halogens is 2. The lowest BCUT2D eigenvalue weighted by Crippen LogP contribution is -2.38. The zero-order valence-corrected chi connectivity index (χ0v) is 19.9. The molecular weight excluding hydrogens is 493 g/mol. The van der Waals surface area contributed by atoms with Gasteiger partial charge in [-0.2, -0.15) is 5.10 Å². The number of aryl methyl sites for hydroxylation is 1. The minimum atomic E-state index is 0. The second-order valence-corrected chi connectivity index (χ2v) is 7.34. The van der Waals surface area contributed by atoms with Gasteiger partial charge in [-0.3, -0.25) is 9.67 Å². The van der Waals surface area contributed by atoms with E-state index in [1.807, 2.05) is 30.9 Å². The molecule has 0 amide bonds. The zero-order valence-electron chi connectivity index (χ0n) is 16.8. The van der Waals surface area contributed by atoms with E-state index in [9.17, 15) is 0 Å². The smallest absolute Gasteiger partial charge is 0.231 e. The van der Waals surface area contributed by atoms with Gasteiger partial charge in [0.2, 0.25) is 6.79 Å². The van der Waals surface area contributed by atoms with Gasteiger partial charge in [-0.25, -0.2) is 0 Å². The first-order valence-electron chi connectivity index (χ1n) is 8.91. The zero-order chi connectivity index (χ0) is 19.6. The van der Waals surface area contributed by atoms with Gasteiger partial charge < -0.3 is 19.7 Å². The monoisotopic (exact) mass is 519 g/mol. The molecule has 0 unspecified atom stereocenters. The van der Waals surface area contributed by atoms with Crippen LogP contribution in [0.25, 0.3) is 0 Å². The van der Waals surface area contributed by atoms with Crippen molar-refractivity contribution in [3.8, 4) is 11.5 Å². The number of hydrogen-bond acceptors (Lipinski definition) is 4. The molecule has 1 aromatic carbocycles. The first-order valence-corrected chi connectivity index (χ1v) is 9.29. The third kappa shape index (κ3) is 5.02.